The first-order valence-corrected chi connectivity index (χ1v) is 8.62. The SMILES string of the molecule is CC(C)C(N)C(=O)NC(CC(=O)O)C(=O)N1CCCC1C(=O)NCC(=O)O. The predicted molar refractivity (Wildman–Crippen MR) is 92.4 cm³/mol. The van der Waals surface area contributed by atoms with E-state index in [1.807, 2.05) is 0 Å². The number of likely N-dealkylation sites (tertiary alicyclic amines) is 1. The highest BCUT2D eigenvalue weighted by molar-refractivity contribution is 5.95. The van der Waals surface area contributed by atoms with Crippen molar-refractivity contribution in [3.05, 3.63) is 0 Å². The number of carbonyl (C=O) groups is 5. The molecule has 1 fully saturated rings. The van der Waals surface area contributed by atoms with Gasteiger partial charge in [0.1, 0.15) is 18.6 Å². The lowest BCUT2D eigenvalue weighted by molar-refractivity contribution is -0.146. The largest absolute Gasteiger partial charge is 0.481 e. The van der Waals surface area contributed by atoms with Gasteiger partial charge < -0.3 is 31.5 Å². The first-order chi connectivity index (χ1) is 12.5. The number of rotatable bonds is 9. The van der Waals surface area contributed by atoms with Gasteiger partial charge in [-0.05, 0) is 18.8 Å². The summed E-state index contributed by atoms with van der Waals surface area (Å²) in [5.74, 6) is -4.74. The molecule has 1 aliphatic rings. The van der Waals surface area contributed by atoms with Gasteiger partial charge in [0.05, 0.1) is 12.5 Å². The number of carboxylic acids is 2. The fraction of sp³-hybridized carbons (Fsp3) is 0.688. The molecule has 152 valence electrons. The van der Waals surface area contributed by atoms with E-state index in [2.05, 4.69) is 10.6 Å². The summed E-state index contributed by atoms with van der Waals surface area (Å²) in [5, 5.41) is 22.3. The van der Waals surface area contributed by atoms with Gasteiger partial charge in [0.15, 0.2) is 0 Å². The van der Waals surface area contributed by atoms with Crippen LogP contribution in [0.5, 0.6) is 0 Å². The molecule has 1 saturated heterocycles. The van der Waals surface area contributed by atoms with Crippen molar-refractivity contribution in [3.63, 3.8) is 0 Å². The molecule has 3 amide bonds. The van der Waals surface area contributed by atoms with Crippen LogP contribution < -0.4 is 16.4 Å². The highest BCUT2D eigenvalue weighted by Gasteiger charge is 2.38. The molecule has 0 bridgehead atoms. The first-order valence-electron chi connectivity index (χ1n) is 8.62. The van der Waals surface area contributed by atoms with Crippen LogP contribution in [0.4, 0.5) is 0 Å². The molecule has 11 heteroatoms. The Morgan fingerprint density at radius 1 is 1.15 bits per heavy atom. The maximum absolute atomic E-state index is 12.8. The van der Waals surface area contributed by atoms with E-state index in [-0.39, 0.29) is 12.5 Å². The number of aliphatic carboxylic acids is 2. The monoisotopic (exact) mass is 386 g/mol. The number of nitrogens with zero attached hydrogens (tertiary/aromatic N) is 1. The van der Waals surface area contributed by atoms with Crippen LogP contribution >= 0.6 is 0 Å². The van der Waals surface area contributed by atoms with E-state index >= 15 is 0 Å². The third-order valence-corrected chi connectivity index (χ3v) is 4.27. The van der Waals surface area contributed by atoms with Crippen molar-refractivity contribution in [1.29, 1.82) is 0 Å². The third-order valence-electron chi connectivity index (χ3n) is 4.27. The zero-order valence-corrected chi connectivity index (χ0v) is 15.3. The third kappa shape index (κ3) is 6.51. The minimum atomic E-state index is -1.37. The molecule has 0 aromatic rings. The van der Waals surface area contributed by atoms with Crippen LogP contribution in [0.3, 0.4) is 0 Å². The van der Waals surface area contributed by atoms with Crippen molar-refractivity contribution in [2.24, 2.45) is 11.7 Å². The summed E-state index contributed by atoms with van der Waals surface area (Å²) in [6.45, 7) is 3.03. The Hall–Kier alpha value is -2.69. The summed E-state index contributed by atoms with van der Waals surface area (Å²) in [5.41, 5.74) is 5.73. The molecule has 1 rings (SSSR count). The molecule has 11 nitrogen and oxygen atoms in total. The van der Waals surface area contributed by atoms with E-state index in [9.17, 15) is 24.0 Å². The van der Waals surface area contributed by atoms with Crippen molar-refractivity contribution >= 4 is 29.7 Å². The van der Waals surface area contributed by atoms with Gasteiger partial charge in [-0.25, -0.2) is 0 Å². The second-order valence-electron chi connectivity index (χ2n) is 6.73. The van der Waals surface area contributed by atoms with E-state index in [1.165, 1.54) is 4.90 Å². The van der Waals surface area contributed by atoms with Gasteiger partial charge in [0.25, 0.3) is 0 Å². The Labute approximate surface area is 156 Å². The fourth-order valence-corrected chi connectivity index (χ4v) is 2.73. The molecule has 0 aromatic heterocycles. The molecular formula is C16H26N4O7. The summed E-state index contributed by atoms with van der Waals surface area (Å²) < 4.78 is 0. The maximum atomic E-state index is 12.8. The number of carbonyl (C=O) groups excluding carboxylic acids is 3. The van der Waals surface area contributed by atoms with E-state index in [0.29, 0.717) is 12.8 Å². The zero-order valence-electron chi connectivity index (χ0n) is 15.3. The lowest BCUT2D eigenvalue weighted by Crippen LogP contribution is -2.57. The van der Waals surface area contributed by atoms with Gasteiger partial charge in [0.2, 0.25) is 17.7 Å². The standard InChI is InChI=1S/C16H26N4O7/c1-8(2)13(17)15(26)19-9(6-11(21)22)16(27)20-5-3-4-10(20)14(25)18-7-12(23)24/h8-10,13H,3-7,17H2,1-2H3,(H,18,25)(H,19,26)(H,21,22)(H,23,24). The molecule has 0 saturated carbocycles. The molecule has 3 unspecified atom stereocenters. The van der Waals surface area contributed by atoms with Crippen molar-refractivity contribution in [2.75, 3.05) is 13.1 Å². The first kappa shape index (κ1) is 22.4. The van der Waals surface area contributed by atoms with Gasteiger partial charge in [0, 0.05) is 6.54 Å². The van der Waals surface area contributed by atoms with Crippen molar-refractivity contribution in [3.8, 4) is 0 Å². The molecule has 0 aliphatic carbocycles. The molecule has 3 atom stereocenters. The Bertz CT molecular complexity index is 608. The molecule has 0 radical (unpaired) electrons. The minimum absolute atomic E-state index is 0.201. The van der Waals surface area contributed by atoms with Crippen LogP contribution in [0, 0.1) is 5.92 Å². The zero-order chi connectivity index (χ0) is 20.7. The molecular weight excluding hydrogens is 360 g/mol. The summed E-state index contributed by atoms with van der Waals surface area (Å²) in [7, 11) is 0. The van der Waals surface area contributed by atoms with Crippen LogP contribution in [0.25, 0.3) is 0 Å². The Balaban J connectivity index is 2.89. The van der Waals surface area contributed by atoms with E-state index in [4.69, 9.17) is 15.9 Å². The van der Waals surface area contributed by atoms with E-state index < -0.39 is 60.8 Å². The smallest absolute Gasteiger partial charge is 0.322 e. The van der Waals surface area contributed by atoms with Crippen LogP contribution in [0.1, 0.15) is 33.1 Å². The lowest BCUT2D eigenvalue weighted by Gasteiger charge is -2.29. The number of hydrogen-bond acceptors (Lipinski definition) is 6. The van der Waals surface area contributed by atoms with Crippen LogP contribution in [0.15, 0.2) is 0 Å². The molecule has 0 aromatic carbocycles. The average molecular weight is 386 g/mol. The fourth-order valence-electron chi connectivity index (χ4n) is 2.73. The van der Waals surface area contributed by atoms with Gasteiger partial charge >= 0.3 is 11.9 Å². The number of nitrogens with one attached hydrogen (secondary N) is 2. The van der Waals surface area contributed by atoms with Gasteiger partial charge in [-0.15, -0.1) is 0 Å². The molecule has 6 N–H and O–H groups in total. The maximum Gasteiger partial charge on any atom is 0.322 e. The van der Waals surface area contributed by atoms with Gasteiger partial charge in [-0.1, -0.05) is 13.8 Å². The van der Waals surface area contributed by atoms with E-state index in [1.54, 1.807) is 13.8 Å². The highest BCUT2D eigenvalue weighted by atomic mass is 16.4. The summed E-state index contributed by atoms with van der Waals surface area (Å²) in [6.07, 6.45) is 0.155. The Morgan fingerprint density at radius 3 is 2.30 bits per heavy atom. The highest BCUT2D eigenvalue weighted by Crippen LogP contribution is 2.19. The summed E-state index contributed by atoms with van der Waals surface area (Å²) >= 11 is 0. The second kappa shape index (κ2) is 9.86. The molecule has 1 aliphatic heterocycles. The van der Waals surface area contributed by atoms with Crippen LogP contribution in [-0.2, 0) is 24.0 Å². The molecule has 1 heterocycles. The summed E-state index contributed by atoms with van der Waals surface area (Å²) in [6, 6.07) is -3.20. The van der Waals surface area contributed by atoms with Crippen molar-refractivity contribution in [2.45, 2.75) is 51.2 Å². The number of hydrogen-bond donors (Lipinski definition) is 5. The molecule has 0 spiro atoms. The van der Waals surface area contributed by atoms with Crippen LogP contribution in [0.2, 0.25) is 0 Å². The Morgan fingerprint density at radius 2 is 1.78 bits per heavy atom. The number of amides is 3. The van der Waals surface area contributed by atoms with Crippen molar-refractivity contribution in [1.82, 2.24) is 15.5 Å². The average Bonchev–Trinajstić information content (AvgIpc) is 3.06. The predicted octanol–water partition coefficient (Wildman–Crippen LogP) is -1.88. The molecule has 27 heavy (non-hydrogen) atoms. The Kier molecular flexibility index (Phi) is 8.16. The van der Waals surface area contributed by atoms with Gasteiger partial charge in [-0.2, -0.15) is 0 Å². The number of carboxylic acid groups (broad SMARTS) is 2. The van der Waals surface area contributed by atoms with Crippen LogP contribution in [-0.4, -0.2) is 76.0 Å². The van der Waals surface area contributed by atoms with Gasteiger partial charge in [-0.3, -0.25) is 24.0 Å². The quantitative estimate of drug-likeness (QED) is 0.305. The number of nitrogens with two attached hydrogens (primary N) is 1. The second-order valence-corrected chi connectivity index (χ2v) is 6.73. The lowest BCUT2D eigenvalue weighted by atomic mass is 10.0. The minimum Gasteiger partial charge on any atom is -0.481 e. The van der Waals surface area contributed by atoms with E-state index in [0.717, 1.165) is 0 Å². The topological polar surface area (TPSA) is 179 Å². The van der Waals surface area contributed by atoms with Crippen molar-refractivity contribution < 1.29 is 34.2 Å². The normalized spacial score (nSPS) is 18.7. The summed E-state index contributed by atoms with van der Waals surface area (Å²) in [4.78, 5) is 59.9.